The maximum Gasteiger partial charge on any atom is 0.142 e. The highest BCUT2D eigenvalue weighted by molar-refractivity contribution is 6.30. The van der Waals surface area contributed by atoms with Gasteiger partial charge in [0.1, 0.15) is 5.82 Å². The predicted octanol–water partition coefficient (Wildman–Crippen LogP) is 3.77. The molecule has 0 spiro atoms. The topological polar surface area (TPSA) is 26.0 Å². The van der Waals surface area contributed by atoms with Crippen LogP contribution in [-0.2, 0) is 19.3 Å². The van der Waals surface area contributed by atoms with E-state index in [0.717, 1.165) is 24.8 Å². The van der Waals surface area contributed by atoms with Gasteiger partial charge in [0.15, 0.2) is 0 Å². The van der Waals surface area contributed by atoms with Gasteiger partial charge in [0.2, 0.25) is 0 Å². The summed E-state index contributed by atoms with van der Waals surface area (Å²) < 4.78 is 13.6. The number of hydrogen-bond acceptors (Lipinski definition) is 1. The molecule has 104 valence electrons. The van der Waals surface area contributed by atoms with E-state index in [2.05, 4.69) is 24.3 Å². The first kappa shape index (κ1) is 13.6. The Morgan fingerprint density at radius 1 is 1.10 bits per heavy atom. The molecule has 0 bridgehead atoms. The lowest BCUT2D eigenvalue weighted by atomic mass is 9.79. The molecule has 1 nitrogen and oxygen atoms in total. The van der Waals surface area contributed by atoms with Gasteiger partial charge in [-0.05, 0) is 60.0 Å². The van der Waals surface area contributed by atoms with Gasteiger partial charge < -0.3 is 5.73 Å². The molecule has 0 aromatic heterocycles. The van der Waals surface area contributed by atoms with E-state index in [1.54, 1.807) is 6.07 Å². The first-order chi connectivity index (χ1) is 9.62. The molecule has 0 radical (unpaired) electrons. The van der Waals surface area contributed by atoms with Crippen LogP contribution in [0.5, 0.6) is 0 Å². The van der Waals surface area contributed by atoms with Gasteiger partial charge >= 0.3 is 0 Å². The van der Waals surface area contributed by atoms with Crippen LogP contribution in [-0.4, -0.2) is 6.54 Å². The molecule has 0 saturated heterocycles. The summed E-state index contributed by atoms with van der Waals surface area (Å²) in [6.45, 7) is 0.603. The van der Waals surface area contributed by atoms with E-state index in [9.17, 15) is 4.39 Å². The first-order valence-corrected chi connectivity index (χ1v) is 7.20. The number of halogens is 2. The van der Waals surface area contributed by atoms with Crippen molar-refractivity contribution in [2.75, 3.05) is 6.54 Å². The average molecular weight is 290 g/mol. The second-order valence-electron chi connectivity index (χ2n) is 5.75. The molecular formula is C17H17ClFN. The predicted molar refractivity (Wildman–Crippen MR) is 80.5 cm³/mol. The van der Waals surface area contributed by atoms with Gasteiger partial charge in [0.05, 0.1) is 5.02 Å². The number of benzene rings is 2. The minimum absolute atomic E-state index is 0.00392. The summed E-state index contributed by atoms with van der Waals surface area (Å²) in [5.74, 6) is -0.355. The van der Waals surface area contributed by atoms with Crippen molar-refractivity contribution in [1.82, 2.24) is 0 Å². The van der Waals surface area contributed by atoms with E-state index >= 15 is 0 Å². The van der Waals surface area contributed by atoms with Gasteiger partial charge in [0.25, 0.3) is 0 Å². The summed E-state index contributed by atoms with van der Waals surface area (Å²) in [5, 5.41) is 0.172. The Morgan fingerprint density at radius 3 is 2.30 bits per heavy atom. The van der Waals surface area contributed by atoms with Gasteiger partial charge in [-0.1, -0.05) is 41.9 Å². The van der Waals surface area contributed by atoms with Crippen LogP contribution in [0.25, 0.3) is 0 Å². The molecule has 0 unspecified atom stereocenters. The third-order valence-corrected chi connectivity index (χ3v) is 4.55. The van der Waals surface area contributed by atoms with Gasteiger partial charge in [-0.15, -0.1) is 0 Å². The van der Waals surface area contributed by atoms with Gasteiger partial charge in [-0.3, -0.25) is 0 Å². The van der Waals surface area contributed by atoms with E-state index in [1.807, 2.05) is 6.07 Å². The molecule has 0 saturated carbocycles. The van der Waals surface area contributed by atoms with Crippen molar-refractivity contribution < 1.29 is 4.39 Å². The monoisotopic (exact) mass is 289 g/mol. The normalized spacial score (nSPS) is 16.1. The molecule has 0 amide bonds. The fourth-order valence-corrected chi connectivity index (χ4v) is 3.31. The number of nitrogens with two attached hydrogens (primary N) is 1. The maximum absolute atomic E-state index is 13.6. The Labute approximate surface area is 123 Å². The SMILES string of the molecule is NCC1(Cc2ccc(Cl)c(F)c2)Cc2ccccc2C1. The van der Waals surface area contributed by atoms with Crippen molar-refractivity contribution in [3.05, 3.63) is 70.0 Å². The molecule has 0 fully saturated rings. The molecule has 0 heterocycles. The third kappa shape index (κ3) is 2.46. The van der Waals surface area contributed by atoms with Crippen molar-refractivity contribution in [3.8, 4) is 0 Å². The van der Waals surface area contributed by atoms with Crippen LogP contribution in [0.2, 0.25) is 5.02 Å². The van der Waals surface area contributed by atoms with Gasteiger partial charge in [-0.2, -0.15) is 0 Å². The van der Waals surface area contributed by atoms with Crippen molar-refractivity contribution in [2.24, 2.45) is 11.1 Å². The Bertz CT molecular complexity index is 614. The number of fused-ring (bicyclic) bond motifs is 1. The summed E-state index contributed by atoms with van der Waals surface area (Å²) in [5.41, 5.74) is 9.75. The molecule has 0 aliphatic heterocycles. The molecular weight excluding hydrogens is 273 g/mol. The molecule has 0 atom stereocenters. The lowest BCUT2D eigenvalue weighted by molar-refractivity contribution is 0.314. The third-order valence-electron chi connectivity index (χ3n) is 4.25. The minimum Gasteiger partial charge on any atom is -0.330 e. The quantitative estimate of drug-likeness (QED) is 0.915. The van der Waals surface area contributed by atoms with Crippen LogP contribution in [0.1, 0.15) is 16.7 Å². The molecule has 3 rings (SSSR count). The summed E-state index contributed by atoms with van der Waals surface area (Å²) >= 11 is 5.74. The zero-order chi connectivity index (χ0) is 14.2. The fourth-order valence-electron chi connectivity index (χ4n) is 3.20. The average Bonchev–Trinajstić information content (AvgIpc) is 2.81. The maximum atomic E-state index is 13.6. The minimum atomic E-state index is -0.355. The van der Waals surface area contributed by atoms with E-state index in [1.165, 1.54) is 17.2 Å². The highest BCUT2D eigenvalue weighted by Crippen LogP contribution is 2.39. The van der Waals surface area contributed by atoms with Crippen molar-refractivity contribution >= 4 is 11.6 Å². The van der Waals surface area contributed by atoms with E-state index in [4.69, 9.17) is 17.3 Å². The van der Waals surface area contributed by atoms with Gasteiger partial charge in [0, 0.05) is 0 Å². The smallest absolute Gasteiger partial charge is 0.142 e. The standard InChI is InChI=1S/C17H17ClFN/c18-15-6-5-12(7-16(15)19)8-17(11-20)9-13-3-1-2-4-14(13)10-17/h1-7H,8-11,20H2. The van der Waals surface area contributed by atoms with Crippen LogP contribution in [0, 0.1) is 11.2 Å². The second kappa shape index (κ2) is 5.19. The summed E-state index contributed by atoms with van der Waals surface area (Å²) in [7, 11) is 0. The summed E-state index contributed by atoms with van der Waals surface area (Å²) in [4.78, 5) is 0. The fraction of sp³-hybridized carbons (Fsp3) is 0.294. The van der Waals surface area contributed by atoms with E-state index in [0.29, 0.717) is 6.54 Å². The van der Waals surface area contributed by atoms with E-state index in [-0.39, 0.29) is 16.3 Å². The zero-order valence-electron chi connectivity index (χ0n) is 11.2. The Balaban J connectivity index is 1.87. The highest BCUT2D eigenvalue weighted by atomic mass is 35.5. The van der Waals surface area contributed by atoms with Crippen molar-refractivity contribution in [3.63, 3.8) is 0 Å². The highest BCUT2D eigenvalue weighted by Gasteiger charge is 2.36. The first-order valence-electron chi connectivity index (χ1n) is 6.83. The van der Waals surface area contributed by atoms with Gasteiger partial charge in [-0.25, -0.2) is 4.39 Å². The molecule has 2 aromatic rings. The van der Waals surface area contributed by atoms with E-state index < -0.39 is 0 Å². The molecule has 3 heteroatoms. The second-order valence-corrected chi connectivity index (χ2v) is 6.16. The largest absolute Gasteiger partial charge is 0.330 e. The van der Waals surface area contributed by atoms with Crippen molar-refractivity contribution in [1.29, 1.82) is 0 Å². The molecule has 1 aliphatic rings. The molecule has 2 N–H and O–H groups in total. The zero-order valence-corrected chi connectivity index (χ0v) is 12.0. The van der Waals surface area contributed by atoms with Crippen molar-refractivity contribution in [2.45, 2.75) is 19.3 Å². The summed E-state index contributed by atoms with van der Waals surface area (Å²) in [6, 6.07) is 13.5. The Kier molecular flexibility index (Phi) is 3.53. The molecule has 1 aliphatic carbocycles. The van der Waals surface area contributed by atoms with Crippen LogP contribution in [0.15, 0.2) is 42.5 Å². The van der Waals surface area contributed by atoms with Crippen LogP contribution >= 0.6 is 11.6 Å². The lowest BCUT2D eigenvalue weighted by Crippen LogP contribution is -2.33. The lowest BCUT2D eigenvalue weighted by Gasteiger charge is -2.27. The number of hydrogen-bond donors (Lipinski definition) is 1. The molecule has 2 aromatic carbocycles. The van der Waals surface area contributed by atoms with Crippen LogP contribution < -0.4 is 5.73 Å². The number of rotatable bonds is 3. The Hall–Kier alpha value is -1.38. The van der Waals surface area contributed by atoms with Crippen LogP contribution in [0.4, 0.5) is 4.39 Å². The molecule has 20 heavy (non-hydrogen) atoms. The Morgan fingerprint density at radius 2 is 1.75 bits per heavy atom. The van der Waals surface area contributed by atoms with Crippen LogP contribution in [0.3, 0.4) is 0 Å². The summed E-state index contributed by atoms with van der Waals surface area (Å²) in [6.07, 6.45) is 2.71.